The summed E-state index contributed by atoms with van der Waals surface area (Å²) in [6.07, 6.45) is 2.39. The summed E-state index contributed by atoms with van der Waals surface area (Å²) in [5.41, 5.74) is 7.97. The number of methoxy groups -OCH3 is 1. The number of hydrogen-bond acceptors (Lipinski definition) is 5. The fraction of sp³-hybridized carbons (Fsp3) is 0.286. The summed E-state index contributed by atoms with van der Waals surface area (Å²) in [7, 11) is 1.59. The van der Waals surface area contributed by atoms with Crippen LogP contribution in [0.4, 0.5) is 5.82 Å². The molecule has 1 aromatic heterocycles. The molecule has 0 spiro atoms. The lowest BCUT2D eigenvalue weighted by atomic mass is 10.1. The second kappa shape index (κ2) is 6.70. The monoisotopic (exact) mass is 258 g/mol. The Kier molecular flexibility index (Phi) is 4.69. The van der Waals surface area contributed by atoms with Crippen molar-refractivity contribution in [3.8, 4) is 5.88 Å². The molecule has 0 fully saturated rings. The van der Waals surface area contributed by atoms with E-state index in [9.17, 15) is 0 Å². The van der Waals surface area contributed by atoms with Gasteiger partial charge in [-0.05, 0) is 24.1 Å². The van der Waals surface area contributed by atoms with Crippen LogP contribution in [0.3, 0.4) is 0 Å². The third kappa shape index (κ3) is 3.93. The molecule has 5 nitrogen and oxygen atoms in total. The number of benzene rings is 1. The van der Waals surface area contributed by atoms with Crippen molar-refractivity contribution in [3.05, 3.63) is 47.8 Å². The van der Waals surface area contributed by atoms with Gasteiger partial charge in [-0.15, -0.1) is 0 Å². The Morgan fingerprint density at radius 1 is 1.16 bits per heavy atom. The van der Waals surface area contributed by atoms with Gasteiger partial charge in [0.25, 0.3) is 0 Å². The van der Waals surface area contributed by atoms with Crippen LogP contribution >= 0.6 is 0 Å². The van der Waals surface area contributed by atoms with Crippen LogP contribution in [0.25, 0.3) is 0 Å². The van der Waals surface area contributed by atoms with Gasteiger partial charge in [0.1, 0.15) is 12.1 Å². The van der Waals surface area contributed by atoms with Crippen LogP contribution in [0.5, 0.6) is 5.88 Å². The predicted octanol–water partition coefficient (Wildman–Crippen LogP) is 1.60. The lowest BCUT2D eigenvalue weighted by Gasteiger charge is -2.07. The van der Waals surface area contributed by atoms with Gasteiger partial charge in [0.15, 0.2) is 0 Å². The summed E-state index contributed by atoms with van der Waals surface area (Å²) in [6, 6.07) is 10.2. The Morgan fingerprint density at radius 2 is 1.89 bits per heavy atom. The van der Waals surface area contributed by atoms with Gasteiger partial charge in [0.05, 0.1) is 7.11 Å². The number of ether oxygens (including phenoxy) is 1. The second-order valence-electron chi connectivity index (χ2n) is 4.15. The van der Waals surface area contributed by atoms with Crippen LogP contribution in [0.2, 0.25) is 0 Å². The van der Waals surface area contributed by atoms with Gasteiger partial charge in [-0.25, -0.2) is 9.97 Å². The maximum absolute atomic E-state index is 5.52. The molecular formula is C14H18N4O. The van der Waals surface area contributed by atoms with Crippen LogP contribution in [0.15, 0.2) is 36.7 Å². The Hall–Kier alpha value is -2.14. The first-order valence-corrected chi connectivity index (χ1v) is 6.19. The molecule has 3 N–H and O–H groups in total. The number of nitrogens with zero attached hydrogens (tertiary/aromatic N) is 2. The largest absolute Gasteiger partial charge is 0.481 e. The molecule has 19 heavy (non-hydrogen) atoms. The molecule has 5 heteroatoms. The van der Waals surface area contributed by atoms with E-state index in [1.165, 1.54) is 17.5 Å². The van der Waals surface area contributed by atoms with E-state index in [1.807, 2.05) is 0 Å². The fourth-order valence-electron chi connectivity index (χ4n) is 1.73. The van der Waals surface area contributed by atoms with E-state index in [4.69, 9.17) is 10.5 Å². The lowest BCUT2D eigenvalue weighted by Crippen LogP contribution is -2.04. The normalized spacial score (nSPS) is 10.2. The molecule has 0 aliphatic rings. The highest BCUT2D eigenvalue weighted by molar-refractivity contribution is 5.38. The van der Waals surface area contributed by atoms with Crippen molar-refractivity contribution in [1.82, 2.24) is 9.97 Å². The van der Waals surface area contributed by atoms with Gasteiger partial charge >= 0.3 is 0 Å². The summed E-state index contributed by atoms with van der Waals surface area (Å²) in [5, 5.41) is 3.23. The van der Waals surface area contributed by atoms with Gasteiger partial charge in [-0.3, -0.25) is 0 Å². The Bertz CT molecular complexity index is 513. The Morgan fingerprint density at radius 3 is 2.58 bits per heavy atom. The van der Waals surface area contributed by atoms with Crippen LogP contribution in [0.1, 0.15) is 11.1 Å². The van der Waals surface area contributed by atoms with Crippen LogP contribution in [-0.4, -0.2) is 23.6 Å². The van der Waals surface area contributed by atoms with Crippen molar-refractivity contribution in [2.75, 3.05) is 19.0 Å². The van der Waals surface area contributed by atoms with Gasteiger partial charge in [0.2, 0.25) is 5.88 Å². The van der Waals surface area contributed by atoms with E-state index >= 15 is 0 Å². The van der Waals surface area contributed by atoms with Gasteiger partial charge in [-0.2, -0.15) is 0 Å². The van der Waals surface area contributed by atoms with Crippen LogP contribution in [-0.2, 0) is 13.0 Å². The number of nitrogens with one attached hydrogen (secondary N) is 1. The summed E-state index contributed by atoms with van der Waals surface area (Å²) in [4.78, 5) is 8.09. The number of hydrogen-bond donors (Lipinski definition) is 2. The van der Waals surface area contributed by atoms with Crippen molar-refractivity contribution in [3.63, 3.8) is 0 Å². The van der Waals surface area contributed by atoms with Gasteiger partial charge in [-0.1, -0.05) is 24.3 Å². The summed E-state index contributed by atoms with van der Waals surface area (Å²) >= 11 is 0. The SMILES string of the molecule is COc1cc(NCc2ccc(CCN)cc2)ncn1. The molecule has 0 amide bonds. The molecule has 1 heterocycles. The zero-order valence-electron chi connectivity index (χ0n) is 11.0. The summed E-state index contributed by atoms with van der Waals surface area (Å²) in [5.74, 6) is 1.30. The molecule has 2 rings (SSSR count). The van der Waals surface area contributed by atoms with Crippen molar-refractivity contribution in [2.45, 2.75) is 13.0 Å². The Balaban J connectivity index is 1.94. The van der Waals surface area contributed by atoms with Crippen molar-refractivity contribution in [1.29, 1.82) is 0 Å². The summed E-state index contributed by atoms with van der Waals surface area (Å²) < 4.78 is 5.05. The average Bonchev–Trinajstić information content (AvgIpc) is 2.47. The van der Waals surface area contributed by atoms with E-state index in [1.54, 1.807) is 13.2 Å². The molecule has 0 saturated heterocycles. The van der Waals surface area contributed by atoms with Crippen molar-refractivity contribution in [2.24, 2.45) is 5.73 Å². The first kappa shape index (κ1) is 13.3. The molecule has 0 unspecified atom stereocenters. The lowest BCUT2D eigenvalue weighted by molar-refractivity contribution is 0.397. The van der Waals surface area contributed by atoms with E-state index < -0.39 is 0 Å². The molecule has 0 bridgehead atoms. The van der Waals surface area contributed by atoms with Gasteiger partial charge in [0, 0.05) is 12.6 Å². The molecule has 0 radical (unpaired) electrons. The van der Waals surface area contributed by atoms with E-state index in [-0.39, 0.29) is 0 Å². The molecule has 0 saturated carbocycles. The number of rotatable bonds is 6. The highest BCUT2D eigenvalue weighted by Crippen LogP contribution is 2.12. The highest BCUT2D eigenvalue weighted by atomic mass is 16.5. The van der Waals surface area contributed by atoms with Crippen LogP contribution < -0.4 is 15.8 Å². The van der Waals surface area contributed by atoms with E-state index in [0.717, 1.165) is 12.2 Å². The zero-order valence-corrected chi connectivity index (χ0v) is 11.0. The van der Waals surface area contributed by atoms with Crippen molar-refractivity contribution >= 4 is 5.82 Å². The van der Waals surface area contributed by atoms with Crippen molar-refractivity contribution < 1.29 is 4.74 Å². The smallest absolute Gasteiger partial charge is 0.218 e. The topological polar surface area (TPSA) is 73.1 Å². The quantitative estimate of drug-likeness (QED) is 0.823. The van der Waals surface area contributed by atoms with Crippen LogP contribution in [0, 0.1) is 0 Å². The highest BCUT2D eigenvalue weighted by Gasteiger charge is 1.99. The molecule has 100 valence electrons. The second-order valence-corrected chi connectivity index (χ2v) is 4.15. The van der Waals surface area contributed by atoms with E-state index in [2.05, 4.69) is 39.6 Å². The first-order valence-electron chi connectivity index (χ1n) is 6.19. The average molecular weight is 258 g/mol. The number of nitrogens with two attached hydrogens (primary N) is 1. The fourth-order valence-corrected chi connectivity index (χ4v) is 1.73. The molecule has 1 aromatic carbocycles. The minimum absolute atomic E-state index is 0.552. The number of aromatic nitrogens is 2. The predicted molar refractivity (Wildman–Crippen MR) is 75.1 cm³/mol. The molecule has 0 aliphatic heterocycles. The summed E-state index contributed by atoms with van der Waals surface area (Å²) in [6.45, 7) is 1.39. The van der Waals surface area contributed by atoms with E-state index in [0.29, 0.717) is 19.0 Å². The Labute approximate surface area is 112 Å². The molecule has 2 aromatic rings. The van der Waals surface area contributed by atoms with Gasteiger partial charge < -0.3 is 15.8 Å². The maximum Gasteiger partial charge on any atom is 0.218 e. The minimum Gasteiger partial charge on any atom is -0.481 e. The number of anilines is 1. The molecule has 0 aliphatic carbocycles. The third-order valence-electron chi connectivity index (χ3n) is 2.78. The zero-order chi connectivity index (χ0) is 13.5. The first-order chi connectivity index (χ1) is 9.31. The maximum atomic E-state index is 5.52. The molecular weight excluding hydrogens is 240 g/mol. The standard InChI is InChI=1S/C14H18N4O/c1-19-14-8-13(17-10-18-14)16-9-12-4-2-11(3-5-12)6-7-15/h2-5,8,10H,6-7,9,15H2,1H3,(H,16,17,18). The minimum atomic E-state index is 0.552. The third-order valence-corrected chi connectivity index (χ3v) is 2.78. The molecule has 0 atom stereocenters.